The molecule has 0 aliphatic carbocycles. The van der Waals surface area contributed by atoms with E-state index in [4.69, 9.17) is 10.1 Å². The van der Waals surface area contributed by atoms with Crippen molar-refractivity contribution < 1.29 is 5.11 Å². The molecule has 0 saturated carbocycles. The fourth-order valence-electron chi connectivity index (χ4n) is 3.60. The number of anilines is 1. The van der Waals surface area contributed by atoms with Gasteiger partial charge in [0.25, 0.3) is 0 Å². The monoisotopic (exact) mass is 336 g/mol. The second kappa shape index (κ2) is 6.15. The Morgan fingerprint density at radius 3 is 2.40 bits per heavy atom. The Balaban J connectivity index is 1.87. The third kappa shape index (κ3) is 2.89. The van der Waals surface area contributed by atoms with Gasteiger partial charge in [0.2, 0.25) is 0 Å². The average molecular weight is 336 g/mol. The SMILES string of the molecule is Cc1ccc(-c2c(C)nn3c(N4CCC(O)CC4)cc(C)nc23)cc1. The molecule has 25 heavy (non-hydrogen) atoms. The first-order chi connectivity index (χ1) is 12.0. The fourth-order valence-corrected chi connectivity index (χ4v) is 3.60. The molecule has 0 amide bonds. The standard InChI is InChI=1S/C20H24N4O/c1-13-4-6-16(7-5-13)19-15(3)22-24-18(12-14(2)21-20(19)24)23-10-8-17(25)9-11-23/h4-7,12,17,25H,8-11H2,1-3H3. The molecule has 1 N–H and O–H groups in total. The molecule has 0 spiro atoms. The topological polar surface area (TPSA) is 53.7 Å². The lowest BCUT2D eigenvalue weighted by Gasteiger charge is -2.31. The summed E-state index contributed by atoms with van der Waals surface area (Å²) in [4.78, 5) is 7.10. The smallest absolute Gasteiger partial charge is 0.165 e. The quantitative estimate of drug-likeness (QED) is 0.780. The van der Waals surface area contributed by atoms with Gasteiger partial charge in [-0.3, -0.25) is 0 Å². The van der Waals surface area contributed by atoms with Crippen molar-refractivity contribution in [1.82, 2.24) is 14.6 Å². The third-order valence-corrected chi connectivity index (χ3v) is 5.00. The summed E-state index contributed by atoms with van der Waals surface area (Å²) in [6.45, 7) is 7.86. The van der Waals surface area contributed by atoms with Crippen LogP contribution in [0.4, 0.5) is 5.82 Å². The Morgan fingerprint density at radius 2 is 1.72 bits per heavy atom. The zero-order valence-electron chi connectivity index (χ0n) is 15.0. The van der Waals surface area contributed by atoms with E-state index in [0.29, 0.717) is 0 Å². The molecule has 1 aliphatic rings. The highest BCUT2D eigenvalue weighted by atomic mass is 16.3. The molecular formula is C20H24N4O. The van der Waals surface area contributed by atoms with Crippen LogP contribution >= 0.6 is 0 Å². The molecule has 0 radical (unpaired) electrons. The van der Waals surface area contributed by atoms with Crippen LogP contribution in [-0.4, -0.2) is 38.9 Å². The molecular weight excluding hydrogens is 312 g/mol. The van der Waals surface area contributed by atoms with Crippen LogP contribution in [0.25, 0.3) is 16.8 Å². The highest BCUT2D eigenvalue weighted by molar-refractivity contribution is 5.81. The van der Waals surface area contributed by atoms with Crippen LogP contribution in [0.1, 0.15) is 29.8 Å². The van der Waals surface area contributed by atoms with Gasteiger partial charge in [0.15, 0.2) is 5.65 Å². The maximum Gasteiger partial charge on any atom is 0.165 e. The second-order valence-corrected chi connectivity index (χ2v) is 7.04. The Kier molecular flexibility index (Phi) is 3.96. The summed E-state index contributed by atoms with van der Waals surface area (Å²) in [6.07, 6.45) is 1.42. The van der Waals surface area contributed by atoms with Gasteiger partial charge in [-0.1, -0.05) is 29.8 Å². The van der Waals surface area contributed by atoms with E-state index in [1.54, 1.807) is 0 Å². The van der Waals surface area contributed by atoms with Gasteiger partial charge in [-0.25, -0.2) is 4.98 Å². The first-order valence-electron chi connectivity index (χ1n) is 8.90. The van der Waals surface area contributed by atoms with Gasteiger partial charge in [-0.15, -0.1) is 0 Å². The number of fused-ring (bicyclic) bond motifs is 1. The molecule has 0 atom stereocenters. The van der Waals surface area contributed by atoms with Crippen molar-refractivity contribution in [1.29, 1.82) is 0 Å². The van der Waals surface area contributed by atoms with E-state index in [-0.39, 0.29) is 6.10 Å². The normalized spacial score (nSPS) is 15.9. The largest absolute Gasteiger partial charge is 0.393 e. The van der Waals surface area contributed by atoms with Crippen molar-refractivity contribution in [3.63, 3.8) is 0 Å². The number of rotatable bonds is 2. The van der Waals surface area contributed by atoms with Crippen molar-refractivity contribution in [3.05, 3.63) is 47.3 Å². The van der Waals surface area contributed by atoms with Crippen LogP contribution in [0.5, 0.6) is 0 Å². The minimum absolute atomic E-state index is 0.183. The molecule has 0 bridgehead atoms. The summed E-state index contributed by atoms with van der Waals surface area (Å²) < 4.78 is 1.97. The highest BCUT2D eigenvalue weighted by Crippen LogP contribution is 2.31. The van der Waals surface area contributed by atoms with E-state index in [1.165, 1.54) is 5.56 Å². The zero-order chi connectivity index (χ0) is 17.6. The lowest BCUT2D eigenvalue weighted by atomic mass is 10.0. The Labute approximate surface area is 147 Å². The molecule has 2 aromatic heterocycles. The molecule has 3 aromatic rings. The molecule has 5 nitrogen and oxygen atoms in total. The molecule has 5 heteroatoms. The zero-order valence-corrected chi connectivity index (χ0v) is 15.0. The Hall–Kier alpha value is -2.40. The predicted octanol–water partition coefficient (Wildman–Crippen LogP) is 3.28. The van der Waals surface area contributed by atoms with Gasteiger partial charge < -0.3 is 10.0 Å². The van der Waals surface area contributed by atoms with E-state index in [1.807, 2.05) is 18.4 Å². The van der Waals surface area contributed by atoms with Crippen LogP contribution < -0.4 is 4.90 Å². The van der Waals surface area contributed by atoms with Gasteiger partial charge in [-0.05, 0) is 39.2 Å². The van der Waals surface area contributed by atoms with Crippen molar-refractivity contribution >= 4 is 11.5 Å². The fraction of sp³-hybridized carbons (Fsp3) is 0.400. The molecule has 1 aliphatic heterocycles. The Bertz CT molecular complexity index is 906. The van der Waals surface area contributed by atoms with Crippen LogP contribution in [0, 0.1) is 20.8 Å². The van der Waals surface area contributed by atoms with E-state index in [9.17, 15) is 5.11 Å². The molecule has 3 heterocycles. The lowest BCUT2D eigenvalue weighted by molar-refractivity contribution is 0.145. The lowest BCUT2D eigenvalue weighted by Crippen LogP contribution is -2.37. The summed E-state index contributed by atoms with van der Waals surface area (Å²) in [5, 5.41) is 14.6. The maximum absolute atomic E-state index is 9.80. The van der Waals surface area contributed by atoms with Crippen LogP contribution in [0.3, 0.4) is 0 Å². The summed E-state index contributed by atoms with van der Waals surface area (Å²) in [5.74, 6) is 1.07. The van der Waals surface area contributed by atoms with Crippen LogP contribution in [0.15, 0.2) is 30.3 Å². The first kappa shape index (κ1) is 16.1. The summed E-state index contributed by atoms with van der Waals surface area (Å²) in [7, 11) is 0. The van der Waals surface area contributed by atoms with Gasteiger partial charge in [0.05, 0.1) is 11.8 Å². The van der Waals surface area contributed by atoms with Crippen molar-refractivity contribution in [2.75, 3.05) is 18.0 Å². The number of aryl methyl sites for hydroxylation is 3. The van der Waals surface area contributed by atoms with Gasteiger partial charge in [0, 0.05) is 30.4 Å². The number of aliphatic hydroxyl groups is 1. The highest BCUT2D eigenvalue weighted by Gasteiger charge is 2.22. The van der Waals surface area contributed by atoms with Crippen LogP contribution in [-0.2, 0) is 0 Å². The van der Waals surface area contributed by atoms with Gasteiger partial charge >= 0.3 is 0 Å². The van der Waals surface area contributed by atoms with Crippen molar-refractivity contribution in [2.45, 2.75) is 39.7 Å². The number of piperidine rings is 1. The average Bonchev–Trinajstić information content (AvgIpc) is 2.92. The number of aliphatic hydroxyl groups excluding tert-OH is 1. The third-order valence-electron chi connectivity index (χ3n) is 5.00. The molecule has 1 fully saturated rings. The van der Waals surface area contributed by atoms with E-state index in [0.717, 1.165) is 59.9 Å². The molecule has 130 valence electrons. The Morgan fingerprint density at radius 1 is 1.04 bits per heavy atom. The van der Waals surface area contributed by atoms with Crippen molar-refractivity contribution in [2.24, 2.45) is 0 Å². The minimum Gasteiger partial charge on any atom is -0.393 e. The summed E-state index contributed by atoms with van der Waals surface area (Å²) >= 11 is 0. The second-order valence-electron chi connectivity index (χ2n) is 7.04. The van der Waals surface area contributed by atoms with Crippen molar-refractivity contribution in [3.8, 4) is 11.1 Å². The number of nitrogens with zero attached hydrogens (tertiary/aromatic N) is 4. The first-order valence-corrected chi connectivity index (χ1v) is 8.90. The van der Waals surface area contributed by atoms with Gasteiger partial charge in [-0.2, -0.15) is 9.61 Å². The minimum atomic E-state index is -0.183. The predicted molar refractivity (Wildman–Crippen MR) is 100 cm³/mol. The maximum atomic E-state index is 9.80. The molecule has 4 rings (SSSR count). The van der Waals surface area contributed by atoms with E-state index in [2.05, 4.69) is 42.2 Å². The van der Waals surface area contributed by atoms with E-state index < -0.39 is 0 Å². The van der Waals surface area contributed by atoms with Crippen LogP contribution in [0.2, 0.25) is 0 Å². The number of benzene rings is 1. The van der Waals surface area contributed by atoms with Gasteiger partial charge in [0.1, 0.15) is 5.82 Å². The molecule has 0 unspecified atom stereocenters. The van der Waals surface area contributed by atoms with E-state index >= 15 is 0 Å². The molecule has 1 aromatic carbocycles. The summed E-state index contributed by atoms with van der Waals surface area (Å²) in [6, 6.07) is 10.6. The summed E-state index contributed by atoms with van der Waals surface area (Å²) in [5.41, 5.74) is 6.37. The molecule has 1 saturated heterocycles. The number of aromatic nitrogens is 3. The number of hydrogen-bond donors (Lipinski definition) is 1. The number of hydrogen-bond acceptors (Lipinski definition) is 4.